The van der Waals surface area contributed by atoms with Gasteiger partial charge < -0.3 is 19.1 Å². The van der Waals surface area contributed by atoms with Crippen molar-refractivity contribution in [2.75, 3.05) is 45.0 Å². The van der Waals surface area contributed by atoms with Crippen LogP contribution in [0.1, 0.15) is 11.3 Å². The third-order valence-corrected chi connectivity index (χ3v) is 4.71. The summed E-state index contributed by atoms with van der Waals surface area (Å²) >= 11 is 0. The average Bonchev–Trinajstić information content (AvgIpc) is 3.10. The molecule has 6 heteroatoms. The number of fused-ring (bicyclic) bond motifs is 1. The van der Waals surface area contributed by atoms with Gasteiger partial charge in [-0.15, -0.1) is 0 Å². The largest absolute Gasteiger partial charge is 0.493 e. The molecule has 0 bridgehead atoms. The topological polar surface area (TPSA) is 47.1 Å². The van der Waals surface area contributed by atoms with Gasteiger partial charge in [0.1, 0.15) is 0 Å². The van der Waals surface area contributed by atoms with Gasteiger partial charge >= 0.3 is 0 Å². The lowest BCUT2D eigenvalue weighted by molar-refractivity contribution is 0.174. The third-order valence-electron chi connectivity index (χ3n) is 4.71. The Bertz CT molecular complexity index is 758. The minimum absolute atomic E-state index is 0.322. The lowest BCUT2D eigenvalue weighted by atomic mass is 10.1. The Morgan fingerprint density at radius 3 is 2.64 bits per heavy atom. The van der Waals surface area contributed by atoms with E-state index in [1.54, 1.807) is 7.11 Å². The molecule has 0 atom stereocenters. The molecule has 0 N–H and O–H groups in total. The molecule has 0 unspecified atom stereocenters. The van der Waals surface area contributed by atoms with Gasteiger partial charge in [0.05, 0.1) is 7.11 Å². The van der Waals surface area contributed by atoms with E-state index in [4.69, 9.17) is 14.2 Å². The zero-order valence-corrected chi connectivity index (χ0v) is 14.7. The molecule has 1 aromatic carbocycles. The van der Waals surface area contributed by atoms with Crippen LogP contribution in [-0.4, -0.2) is 50.0 Å². The molecule has 25 heavy (non-hydrogen) atoms. The van der Waals surface area contributed by atoms with Crippen LogP contribution in [0.4, 0.5) is 5.82 Å². The molecular weight excluding hydrogens is 318 g/mol. The number of nitrogens with zero attached hydrogens (tertiary/aromatic N) is 3. The van der Waals surface area contributed by atoms with Gasteiger partial charge in [-0.3, -0.25) is 4.90 Å². The normalized spacial score (nSPS) is 17.0. The Morgan fingerprint density at radius 1 is 1.04 bits per heavy atom. The van der Waals surface area contributed by atoms with E-state index in [1.165, 1.54) is 5.56 Å². The molecule has 1 fully saturated rings. The van der Waals surface area contributed by atoms with Crippen molar-refractivity contribution < 1.29 is 14.2 Å². The predicted octanol–water partition coefficient (Wildman–Crippen LogP) is 2.45. The fourth-order valence-electron chi connectivity index (χ4n) is 3.33. The number of methoxy groups -OCH3 is 1. The van der Waals surface area contributed by atoms with E-state index in [2.05, 4.69) is 26.9 Å². The van der Waals surface area contributed by atoms with Crippen molar-refractivity contribution in [1.82, 2.24) is 9.88 Å². The summed E-state index contributed by atoms with van der Waals surface area (Å²) in [5.41, 5.74) is 2.27. The van der Waals surface area contributed by atoms with Crippen LogP contribution in [0, 0.1) is 6.92 Å². The van der Waals surface area contributed by atoms with Crippen LogP contribution in [0.25, 0.3) is 0 Å². The molecule has 6 nitrogen and oxygen atoms in total. The minimum atomic E-state index is 0.322. The number of hydrogen-bond donors (Lipinski definition) is 0. The maximum atomic E-state index is 5.48. The number of benzene rings is 1. The molecule has 3 heterocycles. The van der Waals surface area contributed by atoms with Crippen molar-refractivity contribution in [3.8, 4) is 17.2 Å². The number of aryl methyl sites for hydroxylation is 1. The quantitative estimate of drug-likeness (QED) is 0.851. The lowest BCUT2D eigenvalue weighted by Crippen LogP contribution is -2.46. The van der Waals surface area contributed by atoms with Gasteiger partial charge in [0.15, 0.2) is 23.1 Å². The van der Waals surface area contributed by atoms with Gasteiger partial charge in [-0.25, -0.2) is 4.98 Å². The summed E-state index contributed by atoms with van der Waals surface area (Å²) in [6.07, 6.45) is 0. The Morgan fingerprint density at radius 2 is 1.84 bits per heavy atom. The van der Waals surface area contributed by atoms with Crippen molar-refractivity contribution in [2.24, 2.45) is 0 Å². The maximum absolute atomic E-state index is 5.48. The molecule has 132 valence electrons. The first kappa shape index (κ1) is 16.0. The molecule has 0 radical (unpaired) electrons. The molecule has 2 aliphatic rings. The maximum Gasteiger partial charge on any atom is 0.231 e. The first-order chi connectivity index (χ1) is 12.2. The molecule has 0 spiro atoms. The SMILES string of the molecule is COc1ccc(C)nc1N1CCN(Cc2ccc3c(c2)OCO3)CC1. The van der Waals surface area contributed by atoms with Crippen LogP contribution >= 0.6 is 0 Å². The summed E-state index contributed by atoms with van der Waals surface area (Å²) in [5.74, 6) is 3.48. The van der Waals surface area contributed by atoms with E-state index in [0.717, 1.165) is 61.5 Å². The Kier molecular flexibility index (Phi) is 4.36. The number of piperazine rings is 1. The van der Waals surface area contributed by atoms with Crippen molar-refractivity contribution in [3.05, 3.63) is 41.6 Å². The van der Waals surface area contributed by atoms with Crippen LogP contribution in [0.5, 0.6) is 17.2 Å². The monoisotopic (exact) mass is 341 g/mol. The smallest absolute Gasteiger partial charge is 0.231 e. The molecule has 2 aromatic rings. The summed E-state index contributed by atoms with van der Waals surface area (Å²) < 4.78 is 16.3. The first-order valence-electron chi connectivity index (χ1n) is 8.60. The van der Waals surface area contributed by atoms with Crippen LogP contribution in [0.15, 0.2) is 30.3 Å². The molecule has 0 amide bonds. The summed E-state index contributed by atoms with van der Waals surface area (Å²) in [6, 6.07) is 10.2. The molecule has 2 aliphatic heterocycles. The van der Waals surface area contributed by atoms with Crippen LogP contribution < -0.4 is 19.1 Å². The summed E-state index contributed by atoms with van der Waals surface area (Å²) in [4.78, 5) is 9.43. The number of rotatable bonds is 4. The Labute approximate surface area is 147 Å². The van der Waals surface area contributed by atoms with Crippen LogP contribution in [0.2, 0.25) is 0 Å². The third kappa shape index (κ3) is 3.35. The van der Waals surface area contributed by atoms with E-state index < -0.39 is 0 Å². The first-order valence-corrected chi connectivity index (χ1v) is 8.60. The van der Waals surface area contributed by atoms with Gasteiger partial charge in [0, 0.05) is 38.4 Å². The number of pyridine rings is 1. The summed E-state index contributed by atoms with van der Waals surface area (Å²) in [5, 5.41) is 0. The molecule has 4 rings (SSSR count). The fourth-order valence-corrected chi connectivity index (χ4v) is 3.33. The van der Waals surface area contributed by atoms with E-state index in [0.29, 0.717) is 6.79 Å². The van der Waals surface area contributed by atoms with Gasteiger partial charge in [0.2, 0.25) is 6.79 Å². The minimum Gasteiger partial charge on any atom is -0.493 e. The van der Waals surface area contributed by atoms with Crippen molar-refractivity contribution >= 4 is 5.82 Å². The molecule has 1 saturated heterocycles. The van der Waals surface area contributed by atoms with Gasteiger partial charge in [-0.1, -0.05) is 6.07 Å². The Hall–Kier alpha value is -2.47. The van der Waals surface area contributed by atoms with Gasteiger partial charge in [-0.05, 0) is 36.8 Å². The fraction of sp³-hybridized carbons (Fsp3) is 0.421. The van der Waals surface area contributed by atoms with E-state index in [-0.39, 0.29) is 0 Å². The highest BCUT2D eigenvalue weighted by molar-refractivity contribution is 5.53. The van der Waals surface area contributed by atoms with Crippen LogP contribution in [-0.2, 0) is 6.54 Å². The van der Waals surface area contributed by atoms with Crippen molar-refractivity contribution in [2.45, 2.75) is 13.5 Å². The second-order valence-corrected chi connectivity index (χ2v) is 6.43. The molecule has 0 aliphatic carbocycles. The number of aromatic nitrogens is 1. The second-order valence-electron chi connectivity index (χ2n) is 6.43. The van der Waals surface area contributed by atoms with Crippen molar-refractivity contribution in [1.29, 1.82) is 0 Å². The number of ether oxygens (including phenoxy) is 3. The Balaban J connectivity index is 1.39. The molecular formula is C19H23N3O3. The highest BCUT2D eigenvalue weighted by Crippen LogP contribution is 2.33. The van der Waals surface area contributed by atoms with E-state index in [1.807, 2.05) is 25.1 Å². The zero-order chi connectivity index (χ0) is 17.2. The summed E-state index contributed by atoms with van der Waals surface area (Å²) in [7, 11) is 1.70. The standard InChI is InChI=1S/C19H23N3O3/c1-14-3-5-17(23-2)19(20-14)22-9-7-21(8-10-22)12-15-4-6-16-18(11-15)25-13-24-16/h3-6,11H,7-10,12-13H2,1-2H3. The zero-order valence-electron chi connectivity index (χ0n) is 14.7. The summed E-state index contributed by atoms with van der Waals surface area (Å²) in [6.45, 7) is 7.12. The molecule has 1 aromatic heterocycles. The lowest BCUT2D eigenvalue weighted by Gasteiger charge is -2.36. The highest BCUT2D eigenvalue weighted by atomic mass is 16.7. The van der Waals surface area contributed by atoms with E-state index >= 15 is 0 Å². The second kappa shape index (κ2) is 6.80. The predicted molar refractivity (Wildman–Crippen MR) is 95.6 cm³/mol. The van der Waals surface area contributed by atoms with E-state index in [9.17, 15) is 0 Å². The number of hydrogen-bond acceptors (Lipinski definition) is 6. The van der Waals surface area contributed by atoms with Crippen molar-refractivity contribution in [3.63, 3.8) is 0 Å². The average molecular weight is 341 g/mol. The van der Waals surface area contributed by atoms with Crippen LogP contribution in [0.3, 0.4) is 0 Å². The van der Waals surface area contributed by atoms with Gasteiger partial charge in [-0.2, -0.15) is 0 Å². The van der Waals surface area contributed by atoms with Gasteiger partial charge in [0.25, 0.3) is 0 Å². The number of anilines is 1. The molecule has 0 saturated carbocycles. The highest BCUT2D eigenvalue weighted by Gasteiger charge is 2.22.